The molecule has 1 rings (SSSR count). The molecule has 5 heteroatoms. The van der Waals surface area contributed by atoms with Gasteiger partial charge in [0.1, 0.15) is 5.82 Å². The molecule has 0 aliphatic carbocycles. The summed E-state index contributed by atoms with van der Waals surface area (Å²) in [5.41, 5.74) is 0.930. The number of amides is 2. The van der Waals surface area contributed by atoms with Gasteiger partial charge in [0.25, 0.3) is 0 Å². The Morgan fingerprint density at radius 3 is 2.83 bits per heavy atom. The first-order valence-electron chi connectivity index (χ1n) is 5.62. The van der Waals surface area contributed by atoms with Gasteiger partial charge in [0.05, 0.1) is 12.0 Å². The minimum absolute atomic E-state index is 0.240. The Bertz CT molecular complexity index is 482. The van der Waals surface area contributed by atoms with Crippen molar-refractivity contribution < 1.29 is 9.18 Å². The first-order valence-corrected chi connectivity index (χ1v) is 5.62. The van der Waals surface area contributed by atoms with Crippen LogP contribution in [-0.4, -0.2) is 24.5 Å². The number of aryl methyl sites for hydroxylation is 1. The van der Waals surface area contributed by atoms with E-state index in [0.29, 0.717) is 17.8 Å². The lowest BCUT2D eigenvalue weighted by Crippen LogP contribution is -2.34. The van der Waals surface area contributed by atoms with Gasteiger partial charge in [-0.3, -0.25) is 0 Å². The third-order valence-corrected chi connectivity index (χ3v) is 2.54. The highest BCUT2D eigenvalue weighted by Gasteiger charge is 2.12. The Kier molecular flexibility index (Phi) is 4.67. The fourth-order valence-electron chi connectivity index (χ4n) is 1.42. The molecule has 0 radical (unpaired) electrons. The van der Waals surface area contributed by atoms with E-state index in [2.05, 4.69) is 5.32 Å². The highest BCUT2D eigenvalue weighted by atomic mass is 19.1. The molecule has 96 valence electrons. The van der Waals surface area contributed by atoms with Crippen LogP contribution in [0.1, 0.15) is 12.5 Å². The Hall–Kier alpha value is -2.09. The van der Waals surface area contributed by atoms with Gasteiger partial charge in [0, 0.05) is 19.3 Å². The molecule has 1 aromatic carbocycles. The monoisotopic (exact) mass is 249 g/mol. The van der Waals surface area contributed by atoms with Gasteiger partial charge in [-0.2, -0.15) is 5.26 Å². The van der Waals surface area contributed by atoms with Crippen LogP contribution in [-0.2, 0) is 0 Å². The molecule has 0 heterocycles. The van der Waals surface area contributed by atoms with Crippen molar-refractivity contribution in [3.05, 3.63) is 29.6 Å². The number of benzene rings is 1. The zero-order valence-corrected chi connectivity index (χ0v) is 10.7. The number of hydrogen-bond donors (Lipinski definition) is 1. The molecule has 0 spiro atoms. The number of nitrogens with zero attached hydrogens (tertiary/aromatic N) is 2. The van der Waals surface area contributed by atoms with E-state index in [-0.39, 0.29) is 17.8 Å². The minimum atomic E-state index is -0.361. The van der Waals surface area contributed by atoms with Crippen molar-refractivity contribution in [2.45, 2.75) is 13.8 Å². The second-order valence-electron chi connectivity index (χ2n) is 4.30. The molecule has 0 fully saturated rings. The summed E-state index contributed by atoms with van der Waals surface area (Å²) in [7, 11) is 1.59. The van der Waals surface area contributed by atoms with Crippen LogP contribution < -0.4 is 5.32 Å². The molecule has 18 heavy (non-hydrogen) atoms. The summed E-state index contributed by atoms with van der Waals surface area (Å²) in [5, 5.41) is 11.2. The van der Waals surface area contributed by atoms with E-state index < -0.39 is 0 Å². The molecule has 1 aromatic rings. The van der Waals surface area contributed by atoms with Crippen molar-refractivity contribution in [3.63, 3.8) is 0 Å². The Morgan fingerprint density at radius 1 is 1.61 bits per heavy atom. The third-order valence-electron chi connectivity index (χ3n) is 2.54. The molecule has 0 aliphatic heterocycles. The summed E-state index contributed by atoms with van der Waals surface area (Å²) in [6, 6.07) is 6.20. The van der Waals surface area contributed by atoms with Crippen molar-refractivity contribution in [2.75, 3.05) is 18.9 Å². The molecule has 0 saturated carbocycles. The molecule has 0 bridgehead atoms. The van der Waals surface area contributed by atoms with E-state index in [1.807, 2.05) is 6.07 Å². The van der Waals surface area contributed by atoms with Gasteiger partial charge in [-0.1, -0.05) is 6.07 Å². The standard InChI is InChI=1S/C13H16FN3O/c1-9(7-15)8-17(3)13(18)16-11-5-4-10(2)12(14)6-11/h4-6,9H,8H2,1-3H3,(H,16,18)/t9-/m0/s1. The molecule has 1 N–H and O–H groups in total. The van der Waals surface area contributed by atoms with E-state index in [1.54, 1.807) is 33.0 Å². The van der Waals surface area contributed by atoms with Crippen LogP contribution in [0.4, 0.5) is 14.9 Å². The maximum Gasteiger partial charge on any atom is 0.321 e. The molecule has 0 aliphatic rings. The molecule has 4 nitrogen and oxygen atoms in total. The lowest BCUT2D eigenvalue weighted by atomic mass is 10.2. The molecule has 0 unspecified atom stereocenters. The van der Waals surface area contributed by atoms with Gasteiger partial charge >= 0.3 is 6.03 Å². The predicted octanol–water partition coefficient (Wildman–Crippen LogP) is 2.76. The van der Waals surface area contributed by atoms with Crippen molar-refractivity contribution in [1.29, 1.82) is 5.26 Å². The highest BCUT2D eigenvalue weighted by molar-refractivity contribution is 5.89. The van der Waals surface area contributed by atoms with Crippen LogP contribution in [0.2, 0.25) is 0 Å². The zero-order chi connectivity index (χ0) is 13.7. The van der Waals surface area contributed by atoms with E-state index in [4.69, 9.17) is 5.26 Å². The van der Waals surface area contributed by atoms with Crippen molar-refractivity contribution in [3.8, 4) is 6.07 Å². The quantitative estimate of drug-likeness (QED) is 0.895. The number of carbonyl (C=O) groups excluding carboxylic acids is 1. The summed E-state index contributed by atoms with van der Waals surface area (Å²) < 4.78 is 13.3. The van der Waals surface area contributed by atoms with E-state index in [0.717, 1.165) is 0 Å². The molecule has 0 saturated heterocycles. The largest absolute Gasteiger partial charge is 0.326 e. The average Bonchev–Trinajstić information content (AvgIpc) is 2.33. The minimum Gasteiger partial charge on any atom is -0.326 e. The molecular formula is C13H16FN3O. The molecule has 1 atom stereocenters. The van der Waals surface area contributed by atoms with Gasteiger partial charge in [-0.15, -0.1) is 0 Å². The summed E-state index contributed by atoms with van der Waals surface area (Å²) in [5.74, 6) is -0.601. The SMILES string of the molecule is Cc1ccc(NC(=O)N(C)C[C@@H](C)C#N)cc1F. The Balaban J connectivity index is 2.64. The van der Waals surface area contributed by atoms with Gasteiger partial charge in [-0.05, 0) is 31.5 Å². The third kappa shape index (κ3) is 3.74. The molecular weight excluding hydrogens is 233 g/mol. The molecule has 2 amide bonds. The smallest absolute Gasteiger partial charge is 0.321 e. The Labute approximate surface area is 106 Å². The van der Waals surface area contributed by atoms with Crippen LogP contribution in [0.3, 0.4) is 0 Å². The number of halogens is 1. The predicted molar refractivity (Wildman–Crippen MR) is 67.6 cm³/mol. The number of nitriles is 1. The maximum absolute atomic E-state index is 13.3. The number of nitrogens with one attached hydrogen (secondary N) is 1. The number of hydrogen-bond acceptors (Lipinski definition) is 2. The fourth-order valence-corrected chi connectivity index (χ4v) is 1.42. The summed E-state index contributed by atoms with van der Waals surface area (Å²) in [4.78, 5) is 13.1. The van der Waals surface area contributed by atoms with E-state index >= 15 is 0 Å². The zero-order valence-electron chi connectivity index (χ0n) is 10.7. The number of carbonyl (C=O) groups is 1. The van der Waals surface area contributed by atoms with Crippen LogP contribution in [0.5, 0.6) is 0 Å². The molecule has 0 aromatic heterocycles. The fraction of sp³-hybridized carbons (Fsp3) is 0.385. The summed E-state index contributed by atoms with van der Waals surface area (Å²) in [6.07, 6.45) is 0. The summed E-state index contributed by atoms with van der Waals surface area (Å²) >= 11 is 0. The van der Waals surface area contributed by atoms with Crippen molar-refractivity contribution >= 4 is 11.7 Å². The topological polar surface area (TPSA) is 56.1 Å². The van der Waals surface area contributed by atoms with E-state index in [9.17, 15) is 9.18 Å². The first kappa shape index (κ1) is 14.0. The number of anilines is 1. The average molecular weight is 249 g/mol. The van der Waals surface area contributed by atoms with Crippen LogP contribution >= 0.6 is 0 Å². The second-order valence-corrected chi connectivity index (χ2v) is 4.30. The maximum atomic E-state index is 13.3. The van der Waals surface area contributed by atoms with Crippen LogP contribution in [0.25, 0.3) is 0 Å². The second kappa shape index (κ2) is 6.01. The lowest BCUT2D eigenvalue weighted by Gasteiger charge is -2.19. The first-order chi connectivity index (χ1) is 8.43. The van der Waals surface area contributed by atoms with Crippen LogP contribution in [0.15, 0.2) is 18.2 Å². The van der Waals surface area contributed by atoms with E-state index in [1.165, 1.54) is 11.0 Å². The summed E-state index contributed by atoms with van der Waals surface area (Å²) in [6.45, 7) is 3.72. The normalized spacial score (nSPS) is 11.5. The highest BCUT2D eigenvalue weighted by Crippen LogP contribution is 2.14. The van der Waals surface area contributed by atoms with Crippen molar-refractivity contribution in [1.82, 2.24) is 4.90 Å². The van der Waals surface area contributed by atoms with Gasteiger partial charge < -0.3 is 10.2 Å². The number of urea groups is 1. The Morgan fingerprint density at radius 2 is 2.28 bits per heavy atom. The van der Waals surface area contributed by atoms with Gasteiger partial charge in [-0.25, -0.2) is 9.18 Å². The number of rotatable bonds is 3. The van der Waals surface area contributed by atoms with Crippen molar-refractivity contribution in [2.24, 2.45) is 5.92 Å². The van der Waals surface area contributed by atoms with Gasteiger partial charge in [0.15, 0.2) is 0 Å². The van der Waals surface area contributed by atoms with Gasteiger partial charge in [0.2, 0.25) is 0 Å². The van der Waals surface area contributed by atoms with Crippen LogP contribution in [0, 0.1) is 30.0 Å². The lowest BCUT2D eigenvalue weighted by molar-refractivity contribution is 0.219.